The highest BCUT2D eigenvalue weighted by Crippen LogP contribution is 2.40. The maximum atomic E-state index is 13.8. The Kier molecular flexibility index (Phi) is 6.33. The van der Waals surface area contributed by atoms with Crippen molar-refractivity contribution in [3.05, 3.63) is 71.1 Å². The van der Waals surface area contributed by atoms with Gasteiger partial charge in [0, 0.05) is 11.6 Å². The fourth-order valence-electron chi connectivity index (χ4n) is 2.89. The number of hydrogen-bond acceptors (Lipinski definition) is 6. The lowest BCUT2D eigenvalue weighted by Gasteiger charge is -2.15. The van der Waals surface area contributed by atoms with Crippen molar-refractivity contribution in [1.82, 2.24) is 0 Å². The third-order valence-electron chi connectivity index (χ3n) is 4.22. The fourth-order valence-corrected chi connectivity index (χ4v) is 2.89. The first-order valence-electron chi connectivity index (χ1n) is 8.97. The van der Waals surface area contributed by atoms with Crippen molar-refractivity contribution < 1.29 is 36.6 Å². The molecule has 9 heteroatoms. The summed E-state index contributed by atoms with van der Waals surface area (Å²) in [5.41, 5.74) is -1.92. The molecule has 0 aliphatic carbocycles. The van der Waals surface area contributed by atoms with Gasteiger partial charge in [0.2, 0.25) is 11.2 Å². The van der Waals surface area contributed by atoms with Gasteiger partial charge in [0.15, 0.2) is 6.61 Å². The number of methoxy groups -OCH3 is 1. The summed E-state index contributed by atoms with van der Waals surface area (Å²) < 4.78 is 61.5. The van der Waals surface area contributed by atoms with E-state index < -0.39 is 35.5 Å². The van der Waals surface area contributed by atoms with Crippen LogP contribution >= 0.6 is 0 Å². The molecule has 0 amide bonds. The molecule has 1 heterocycles. The highest BCUT2D eigenvalue weighted by atomic mass is 19.4. The lowest BCUT2D eigenvalue weighted by Crippen LogP contribution is -2.17. The molecule has 0 fully saturated rings. The summed E-state index contributed by atoms with van der Waals surface area (Å²) in [6.45, 7) is 2.92. The molecule has 2 aromatic carbocycles. The van der Waals surface area contributed by atoms with Crippen LogP contribution in [0.15, 0.2) is 64.3 Å². The quantitative estimate of drug-likeness (QED) is 0.400. The van der Waals surface area contributed by atoms with E-state index in [0.29, 0.717) is 0 Å². The van der Waals surface area contributed by atoms with Gasteiger partial charge in [0.05, 0.1) is 18.1 Å². The predicted octanol–water partition coefficient (Wildman–Crippen LogP) is 4.60. The number of alkyl halides is 3. The first-order valence-corrected chi connectivity index (χ1v) is 8.97. The van der Waals surface area contributed by atoms with Gasteiger partial charge < -0.3 is 18.6 Å². The van der Waals surface area contributed by atoms with Gasteiger partial charge in [-0.3, -0.25) is 4.79 Å². The van der Waals surface area contributed by atoms with E-state index in [9.17, 15) is 22.8 Å². The average Bonchev–Trinajstić information content (AvgIpc) is 2.75. The Morgan fingerprint density at radius 2 is 1.94 bits per heavy atom. The number of ether oxygens (including phenoxy) is 3. The number of benzene rings is 2. The number of para-hydroxylation sites is 1. The predicted molar refractivity (Wildman–Crippen MR) is 106 cm³/mol. The summed E-state index contributed by atoms with van der Waals surface area (Å²) in [4.78, 5) is 24.5. The monoisotopic (exact) mass is 434 g/mol. The molecule has 0 unspecified atom stereocenters. The summed E-state index contributed by atoms with van der Waals surface area (Å²) in [5, 5.41) is -0.0875. The van der Waals surface area contributed by atoms with Crippen LogP contribution in [0, 0.1) is 0 Å². The standard InChI is InChI=1S/C22H17F3O6/c1-3-10-29-18(26)12-30-13-8-9-15-17(11-13)31-21(22(23,24)25)19(20(15)27)14-6-4-5-7-16(14)28-2/h3-9,11H,1,10,12H2,2H3. The summed E-state index contributed by atoms with van der Waals surface area (Å²) in [5.74, 6) is -2.02. The van der Waals surface area contributed by atoms with E-state index in [1.54, 1.807) is 6.07 Å². The van der Waals surface area contributed by atoms with Crippen LogP contribution in [-0.2, 0) is 15.7 Å². The largest absolute Gasteiger partial charge is 0.496 e. The summed E-state index contributed by atoms with van der Waals surface area (Å²) in [6.07, 6.45) is -3.57. The Hall–Kier alpha value is -3.75. The number of halogens is 3. The molecule has 0 saturated carbocycles. The Bertz CT molecular complexity index is 1180. The maximum absolute atomic E-state index is 13.8. The van der Waals surface area contributed by atoms with Crippen molar-refractivity contribution in [2.24, 2.45) is 0 Å². The van der Waals surface area contributed by atoms with Crippen molar-refractivity contribution in [3.63, 3.8) is 0 Å². The van der Waals surface area contributed by atoms with Gasteiger partial charge in [0.25, 0.3) is 0 Å². The number of carbonyl (C=O) groups excluding carboxylic acids is 1. The molecule has 1 aromatic heterocycles. The molecule has 0 bridgehead atoms. The van der Waals surface area contributed by atoms with Gasteiger partial charge in [-0.2, -0.15) is 13.2 Å². The second-order valence-corrected chi connectivity index (χ2v) is 6.25. The molecule has 6 nitrogen and oxygen atoms in total. The molecule has 0 aliphatic rings. The van der Waals surface area contributed by atoms with E-state index in [1.807, 2.05) is 0 Å². The van der Waals surface area contributed by atoms with E-state index in [4.69, 9.17) is 18.6 Å². The van der Waals surface area contributed by atoms with Gasteiger partial charge >= 0.3 is 12.1 Å². The van der Waals surface area contributed by atoms with Crippen molar-refractivity contribution in [2.75, 3.05) is 20.3 Å². The van der Waals surface area contributed by atoms with E-state index in [0.717, 1.165) is 6.07 Å². The second kappa shape index (κ2) is 8.95. The van der Waals surface area contributed by atoms with Crippen molar-refractivity contribution in [2.45, 2.75) is 6.18 Å². The SMILES string of the molecule is C=CCOC(=O)COc1ccc2c(=O)c(-c3ccccc3OC)c(C(F)(F)F)oc2c1. The molecule has 0 N–H and O–H groups in total. The zero-order valence-electron chi connectivity index (χ0n) is 16.3. The minimum atomic E-state index is -4.95. The van der Waals surface area contributed by atoms with Crippen molar-refractivity contribution >= 4 is 16.9 Å². The normalized spacial score (nSPS) is 11.2. The maximum Gasteiger partial charge on any atom is 0.450 e. The minimum absolute atomic E-state index is 0.00451. The van der Waals surface area contributed by atoms with Gasteiger partial charge in [0.1, 0.15) is 23.7 Å². The smallest absolute Gasteiger partial charge is 0.450 e. The minimum Gasteiger partial charge on any atom is -0.496 e. The van der Waals surface area contributed by atoms with Crippen LogP contribution in [0.25, 0.3) is 22.1 Å². The highest BCUT2D eigenvalue weighted by molar-refractivity contribution is 5.85. The Labute approximate surface area is 174 Å². The van der Waals surface area contributed by atoms with Crippen molar-refractivity contribution in [1.29, 1.82) is 0 Å². The molecule has 31 heavy (non-hydrogen) atoms. The van der Waals surface area contributed by atoms with Crippen LogP contribution < -0.4 is 14.9 Å². The van der Waals surface area contributed by atoms with Crippen LogP contribution in [0.3, 0.4) is 0 Å². The molecule has 0 saturated heterocycles. The zero-order chi connectivity index (χ0) is 22.6. The van der Waals surface area contributed by atoms with Gasteiger partial charge in [-0.15, -0.1) is 0 Å². The zero-order valence-corrected chi connectivity index (χ0v) is 16.3. The lowest BCUT2D eigenvalue weighted by atomic mass is 10.0. The average molecular weight is 434 g/mol. The van der Waals surface area contributed by atoms with Gasteiger partial charge in [-0.1, -0.05) is 30.9 Å². The molecular weight excluding hydrogens is 417 g/mol. The van der Waals surface area contributed by atoms with Crippen molar-refractivity contribution in [3.8, 4) is 22.6 Å². The highest BCUT2D eigenvalue weighted by Gasteiger charge is 2.40. The Morgan fingerprint density at radius 3 is 2.61 bits per heavy atom. The summed E-state index contributed by atoms with van der Waals surface area (Å²) >= 11 is 0. The third kappa shape index (κ3) is 4.71. The molecular formula is C22H17F3O6. The third-order valence-corrected chi connectivity index (χ3v) is 4.22. The number of fused-ring (bicyclic) bond motifs is 1. The number of hydrogen-bond donors (Lipinski definition) is 0. The summed E-state index contributed by atoms with van der Waals surface area (Å²) in [6, 6.07) is 9.58. The van der Waals surface area contributed by atoms with Crippen LogP contribution in [0.5, 0.6) is 11.5 Å². The fraction of sp³-hybridized carbons (Fsp3) is 0.182. The Balaban J connectivity index is 2.11. The lowest BCUT2D eigenvalue weighted by molar-refractivity contribution is -0.152. The first kappa shape index (κ1) is 21.9. The van der Waals surface area contributed by atoms with E-state index in [1.165, 1.54) is 43.5 Å². The van der Waals surface area contributed by atoms with E-state index in [2.05, 4.69) is 6.58 Å². The topological polar surface area (TPSA) is 75.0 Å². The second-order valence-electron chi connectivity index (χ2n) is 6.25. The molecule has 3 rings (SSSR count). The van der Waals surface area contributed by atoms with Gasteiger partial charge in [-0.05, 0) is 18.2 Å². The first-order chi connectivity index (χ1) is 14.8. The van der Waals surface area contributed by atoms with E-state index >= 15 is 0 Å². The molecule has 3 aromatic rings. The molecule has 0 atom stereocenters. The number of esters is 1. The summed E-state index contributed by atoms with van der Waals surface area (Å²) in [7, 11) is 1.29. The van der Waals surface area contributed by atoms with Crippen LogP contribution in [0.1, 0.15) is 5.76 Å². The van der Waals surface area contributed by atoms with E-state index in [-0.39, 0.29) is 34.6 Å². The molecule has 162 valence electrons. The van der Waals surface area contributed by atoms with Crippen LogP contribution in [0.2, 0.25) is 0 Å². The van der Waals surface area contributed by atoms with Gasteiger partial charge in [-0.25, -0.2) is 4.79 Å². The van der Waals surface area contributed by atoms with Crippen LogP contribution in [-0.4, -0.2) is 26.3 Å². The number of carbonyl (C=O) groups is 1. The Morgan fingerprint density at radius 1 is 1.19 bits per heavy atom. The van der Waals surface area contributed by atoms with Crippen LogP contribution in [0.4, 0.5) is 13.2 Å². The number of rotatable bonds is 7. The molecule has 0 aliphatic heterocycles. The molecule has 0 radical (unpaired) electrons. The molecule has 0 spiro atoms.